The fraction of sp³-hybridized carbons (Fsp3) is 0.280. The first-order chi connectivity index (χ1) is 14.2. The molecule has 4 heteroatoms. The summed E-state index contributed by atoms with van der Waals surface area (Å²) in [5.74, 6) is 0.516. The third-order valence-corrected chi connectivity index (χ3v) is 6.51. The third kappa shape index (κ3) is 2.59. The van der Waals surface area contributed by atoms with Crippen molar-refractivity contribution in [3.8, 4) is 0 Å². The molecule has 0 amide bonds. The molecule has 2 aromatic carbocycles. The smallest absolute Gasteiger partial charge is 0.165 e. The van der Waals surface area contributed by atoms with Crippen LogP contribution in [0.5, 0.6) is 0 Å². The monoisotopic (exact) mass is 382 g/mol. The minimum Gasteiger partial charge on any atom is -0.358 e. The summed E-state index contributed by atoms with van der Waals surface area (Å²) >= 11 is 0. The van der Waals surface area contributed by atoms with Gasteiger partial charge in [-0.1, -0.05) is 12.1 Å². The number of nitrogens with one attached hydrogen (secondary N) is 2. The maximum Gasteiger partial charge on any atom is 0.165 e. The molecule has 144 valence electrons. The normalized spacial score (nSPS) is 16.4. The predicted octanol–water partition coefficient (Wildman–Crippen LogP) is 5.28. The zero-order valence-corrected chi connectivity index (χ0v) is 16.2. The van der Waals surface area contributed by atoms with Gasteiger partial charge in [0.2, 0.25) is 0 Å². The van der Waals surface area contributed by atoms with Gasteiger partial charge in [0.15, 0.2) is 11.6 Å². The first-order valence-corrected chi connectivity index (χ1v) is 10.5. The van der Waals surface area contributed by atoms with E-state index in [0.717, 1.165) is 76.4 Å². The van der Waals surface area contributed by atoms with Crippen molar-refractivity contribution >= 4 is 33.4 Å². The molecule has 0 saturated heterocycles. The van der Waals surface area contributed by atoms with Gasteiger partial charge in [-0.15, -0.1) is 0 Å². The van der Waals surface area contributed by atoms with Crippen LogP contribution >= 0.6 is 0 Å². The Hall–Kier alpha value is -3.14. The molecule has 29 heavy (non-hydrogen) atoms. The van der Waals surface area contributed by atoms with Gasteiger partial charge in [-0.3, -0.25) is 9.59 Å². The maximum absolute atomic E-state index is 12.5. The quantitative estimate of drug-likeness (QED) is 0.495. The van der Waals surface area contributed by atoms with Crippen molar-refractivity contribution in [3.05, 3.63) is 70.0 Å². The van der Waals surface area contributed by atoms with E-state index in [2.05, 4.69) is 46.4 Å². The summed E-state index contributed by atoms with van der Waals surface area (Å²) in [4.78, 5) is 31.8. The van der Waals surface area contributed by atoms with E-state index in [0.29, 0.717) is 12.8 Å². The Bertz CT molecular complexity index is 1220. The summed E-state index contributed by atoms with van der Waals surface area (Å²) in [7, 11) is 0. The van der Waals surface area contributed by atoms with Crippen molar-refractivity contribution in [1.29, 1.82) is 0 Å². The number of aryl methyl sites for hydroxylation is 2. The van der Waals surface area contributed by atoms with Crippen LogP contribution in [0.3, 0.4) is 0 Å². The lowest BCUT2D eigenvalue weighted by molar-refractivity contribution is 0.0966. The molecule has 0 spiro atoms. The Morgan fingerprint density at radius 3 is 1.62 bits per heavy atom. The van der Waals surface area contributed by atoms with Crippen LogP contribution in [0.25, 0.3) is 21.8 Å². The number of H-pyrrole nitrogens is 2. The van der Waals surface area contributed by atoms with Gasteiger partial charge in [0.25, 0.3) is 0 Å². The highest BCUT2D eigenvalue weighted by molar-refractivity contribution is 6.11. The molecule has 0 saturated carbocycles. The van der Waals surface area contributed by atoms with Gasteiger partial charge in [0.1, 0.15) is 0 Å². The third-order valence-electron chi connectivity index (χ3n) is 6.51. The fourth-order valence-corrected chi connectivity index (χ4v) is 5.16. The molecule has 2 aromatic heterocycles. The zero-order chi connectivity index (χ0) is 19.5. The molecule has 2 heterocycles. The average Bonchev–Trinajstić information content (AvgIpc) is 3.27. The Morgan fingerprint density at radius 1 is 0.655 bits per heavy atom. The fourth-order valence-electron chi connectivity index (χ4n) is 5.16. The molecular formula is C25H22N2O2. The molecule has 0 bridgehead atoms. The summed E-state index contributed by atoms with van der Waals surface area (Å²) in [6, 6.07) is 12.8. The number of benzene rings is 2. The summed E-state index contributed by atoms with van der Waals surface area (Å²) < 4.78 is 0. The molecular weight excluding hydrogens is 360 g/mol. The van der Waals surface area contributed by atoms with E-state index in [-0.39, 0.29) is 11.6 Å². The van der Waals surface area contributed by atoms with Crippen LogP contribution in [-0.4, -0.2) is 21.5 Å². The molecule has 4 nitrogen and oxygen atoms in total. The number of ketones is 2. The summed E-state index contributed by atoms with van der Waals surface area (Å²) in [5.41, 5.74) is 8.45. The van der Waals surface area contributed by atoms with Crippen molar-refractivity contribution in [2.75, 3.05) is 0 Å². The molecule has 4 aromatic rings. The molecule has 0 aliphatic heterocycles. The average molecular weight is 382 g/mol. The summed E-state index contributed by atoms with van der Waals surface area (Å²) in [5, 5.41) is 2.11. The number of hydrogen-bond donors (Lipinski definition) is 2. The van der Waals surface area contributed by atoms with Gasteiger partial charge in [0, 0.05) is 57.2 Å². The largest absolute Gasteiger partial charge is 0.358 e. The van der Waals surface area contributed by atoms with E-state index in [1.807, 2.05) is 0 Å². The second-order valence-corrected chi connectivity index (χ2v) is 8.45. The first-order valence-electron chi connectivity index (χ1n) is 10.5. The molecule has 2 aliphatic carbocycles. The highest BCUT2D eigenvalue weighted by Gasteiger charge is 2.23. The molecule has 2 N–H and O–H groups in total. The number of aromatic nitrogens is 2. The number of carbonyl (C=O) groups excluding carboxylic acids is 2. The van der Waals surface area contributed by atoms with E-state index in [1.165, 1.54) is 11.1 Å². The van der Waals surface area contributed by atoms with Crippen LogP contribution in [0.2, 0.25) is 0 Å². The lowest BCUT2D eigenvalue weighted by Gasteiger charge is -2.10. The minimum atomic E-state index is 0.258. The maximum atomic E-state index is 12.5. The van der Waals surface area contributed by atoms with E-state index >= 15 is 0 Å². The van der Waals surface area contributed by atoms with Crippen LogP contribution in [0, 0.1) is 0 Å². The van der Waals surface area contributed by atoms with Crippen molar-refractivity contribution in [3.63, 3.8) is 0 Å². The van der Waals surface area contributed by atoms with E-state index in [4.69, 9.17) is 0 Å². The zero-order valence-electron chi connectivity index (χ0n) is 16.2. The van der Waals surface area contributed by atoms with Gasteiger partial charge in [-0.05, 0) is 67.5 Å². The molecule has 0 unspecified atom stereocenters. The Kier molecular flexibility index (Phi) is 3.58. The lowest BCUT2D eigenvalue weighted by atomic mass is 9.92. The number of Topliss-reactive ketones (excluding diaryl/α,β-unsaturated/α-hetero) is 2. The molecule has 6 rings (SSSR count). The number of fused-ring (bicyclic) bond motifs is 6. The SMILES string of the molecule is O=C1CCCc2[nH]c3ccc(Cc4ccc5[nH]c6c(c5c4)C(=O)CCC6)cc3c21. The standard InChI is InChI=1S/C25H22N2O2/c28-22-5-1-3-20-24(22)16-12-14(7-9-18(16)26-20)11-15-8-10-19-17(13-15)25-21(27-19)4-2-6-23(25)29/h7-10,12-13,26-27H,1-6,11H2. The highest BCUT2D eigenvalue weighted by Crippen LogP contribution is 2.32. The molecule has 2 aliphatic rings. The summed E-state index contributed by atoms with van der Waals surface area (Å²) in [6.45, 7) is 0. The Labute approximate surface area is 168 Å². The lowest BCUT2D eigenvalue weighted by Crippen LogP contribution is -2.09. The van der Waals surface area contributed by atoms with E-state index < -0.39 is 0 Å². The van der Waals surface area contributed by atoms with Crippen molar-refractivity contribution in [2.24, 2.45) is 0 Å². The van der Waals surface area contributed by atoms with Gasteiger partial charge in [-0.25, -0.2) is 0 Å². The van der Waals surface area contributed by atoms with Crippen LogP contribution in [0.1, 0.15) is 68.9 Å². The second-order valence-electron chi connectivity index (χ2n) is 8.45. The van der Waals surface area contributed by atoms with Crippen molar-refractivity contribution in [1.82, 2.24) is 9.97 Å². The van der Waals surface area contributed by atoms with Gasteiger partial charge in [-0.2, -0.15) is 0 Å². The van der Waals surface area contributed by atoms with Crippen LogP contribution < -0.4 is 0 Å². The number of aromatic amines is 2. The minimum absolute atomic E-state index is 0.258. The van der Waals surface area contributed by atoms with Crippen molar-refractivity contribution in [2.45, 2.75) is 44.9 Å². The van der Waals surface area contributed by atoms with E-state index in [9.17, 15) is 9.59 Å². The van der Waals surface area contributed by atoms with Gasteiger partial charge >= 0.3 is 0 Å². The molecule has 0 atom stereocenters. The van der Waals surface area contributed by atoms with Crippen molar-refractivity contribution < 1.29 is 9.59 Å². The number of carbonyl (C=O) groups is 2. The van der Waals surface area contributed by atoms with Crippen LogP contribution in [0.15, 0.2) is 36.4 Å². The molecule has 0 fully saturated rings. The predicted molar refractivity (Wildman–Crippen MR) is 114 cm³/mol. The van der Waals surface area contributed by atoms with E-state index in [1.54, 1.807) is 0 Å². The Balaban J connectivity index is 1.41. The topological polar surface area (TPSA) is 65.7 Å². The second kappa shape index (κ2) is 6.18. The number of rotatable bonds is 2. The van der Waals surface area contributed by atoms with Gasteiger partial charge < -0.3 is 9.97 Å². The Morgan fingerprint density at radius 2 is 1.14 bits per heavy atom. The van der Waals surface area contributed by atoms with Gasteiger partial charge in [0.05, 0.1) is 0 Å². The highest BCUT2D eigenvalue weighted by atomic mass is 16.1. The summed E-state index contributed by atoms with van der Waals surface area (Å²) in [6.07, 6.45) is 5.86. The number of hydrogen-bond acceptors (Lipinski definition) is 2. The first kappa shape index (κ1) is 16.8. The van der Waals surface area contributed by atoms with Crippen LogP contribution in [-0.2, 0) is 19.3 Å². The van der Waals surface area contributed by atoms with Crippen LogP contribution in [0.4, 0.5) is 0 Å². The molecule has 0 radical (unpaired) electrons.